The standard InChI is InChI=1S/C15H20FNO2/c1-11(12-3-5-14(16)6-4-12)17(2)15(18)13-7-9-19-10-8-13/h3-6,11,13H,7-10H2,1-2H3. The van der Waals surface area contributed by atoms with Gasteiger partial charge in [0.05, 0.1) is 6.04 Å². The minimum Gasteiger partial charge on any atom is -0.381 e. The molecule has 1 fully saturated rings. The van der Waals surface area contributed by atoms with Crippen molar-refractivity contribution in [3.8, 4) is 0 Å². The number of hydrogen-bond donors (Lipinski definition) is 0. The Kier molecular flexibility index (Phi) is 4.53. The van der Waals surface area contributed by atoms with Crippen LogP contribution in [0.15, 0.2) is 24.3 Å². The van der Waals surface area contributed by atoms with Gasteiger partial charge in [0.1, 0.15) is 5.82 Å². The molecular weight excluding hydrogens is 245 g/mol. The largest absolute Gasteiger partial charge is 0.381 e. The summed E-state index contributed by atoms with van der Waals surface area (Å²) in [7, 11) is 1.81. The maximum absolute atomic E-state index is 12.9. The summed E-state index contributed by atoms with van der Waals surface area (Å²) in [6.07, 6.45) is 1.58. The van der Waals surface area contributed by atoms with Gasteiger partial charge < -0.3 is 9.64 Å². The van der Waals surface area contributed by atoms with Crippen LogP contribution in [0.2, 0.25) is 0 Å². The Balaban J connectivity index is 2.03. The lowest BCUT2D eigenvalue weighted by atomic mass is 9.97. The molecule has 0 aromatic heterocycles. The van der Waals surface area contributed by atoms with Crippen LogP contribution < -0.4 is 0 Å². The van der Waals surface area contributed by atoms with Crippen LogP contribution in [0.3, 0.4) is 0 Å². The van der Waals surface area contributed by atoms with Gasteiger partial charge in [-0.05, 0) is 37.5 Å². The van der Waals surface area contributed by atoms with Crippen molar-refractivity contribution in [2.75, 3.05) is 20.3 Å². The van der Waals surface area contributed by atoms with Crippen molar-refractivity contribution in [2.24, 2.45) is 5.92 Å². The van der Waals surface area contributed by atoms with Gasteiger partial charge in [-0.2, -0.15) is 0 Å². The second-order valence-corrected chi connectivity index (χ2v) is 5.06. The Hall–Kier alpha value is -1.42. The summed E-state index contributed by atoms with van der Waals surface area (Å²) in [5.74, 6) is -0.0452. The third kappa shape index (κ3) is 3.32. The average Bonchev–Trinajstić information content (AvgIpc) is 2.46. The number of nitrogens with zero attached hydrogens (tertiary/aromatic N) is 1. The Bertz CT molecular complexity index is 426. The van der Waals surface area contributed by atoms with E-state index >= 15 is 0 Å². The van der Waals surface area contributed by atoms with E-state index in [4.69, 9.17) is 4.74 Å². The summed E-state index contributed by atoms with van der Waals surface area (Å²) in [5.41, 5.74) is 0.948. The lowest BCUT2D eigenvalue weighted by molar-refractivity contribution is -0.139. The van der Waals surface area contributed by atoms with Crippen molar-refractivity contribution in [1.82, 2.24) is 4.90 Å². The molecule has 1 aromatic rings. The zero-order valence-electron chi connectivity index (χ0n) is 11.4. The molecule has 1 saturated heterocycles. The molecule has 2 rings (SSSR count). The van der Waals surface area contributed by atoms with Crippen molar-refractivity contribution in [2.45, 2.75) is 25.8 Å². The third-order valence-electron chi connectivity index (χ3n) is 3.85. The van der Waals surface area contributed by atoms with E-state index in [9.17, 15) is 9.18 Å². The van der Waals surface area contributed by atoms with Gasteiger partial charge in [-0.15, -0.1) is 0 Å². The zero-order chi connectivity index (χ0) is 13.8. The van der Waals surface area contributed by atoms with Crippen molar-refractivity contribution in [3.05, 3.63) is 35.6 Å². The van der Waals surface area contributed by atoms with Gasteiger partial charge in [0, 0.05) is 26.2 Å². The van der Waals surface area contributed by atoms with E-state index in [0.29, 0.717) is 13.2 Å². The summed E-state index contributed by atoms with van der Waals surface area (Å²) >= 11 is 0. The fourth-order valence-corrected chi connectivity index (χ4v) is 2.39. The molecule has 0 aliphatic carbocycles. The number of carbonyl (C=O) groups excluding carboxylic acids is 1. The van der Waals surface area contributed by atoms with Gasteiger partial charge in [0.2, 0.25) is 5.91 Å². The lowest BCUT2D eigenvalue weighted by Crippen LogP contribution is -2.37. The summed E-state index contributed by atoms with van der Waals surface area (Å²) < 4.78 is 18.2. The van der Waals surface area contributed by atoms with Gasteiger partial charge in [0.25, 0.3) is 0 Å². The second-order valence-electron chi connectivity index (χ2n) is 5.06. The molecule has 1 aliphatic rings. The highest BCUT2D eigenvalue weighted by Gasteiger charge is 2.27. The van der Waals surface area contributed by atoms with E-state index in [2.05, 4.69) is 0 Å². The average molecular weight is 265 g/mol. The van der Waals surface area contributed by atoms with Crippen LogP contribution in [0.4, 0.5) is 4.39 Å². The number of rotatable bonds is 3. The molecule has 1 aliphatic heterocycles. The molecule has 4 heteroatoms. The Morgan fingerprint density at radius 1 is 1.32 bits per heavy atom. The molecule has 104 valence electrons. The van der Waals surface area contributed by atoms with Crippen molar-refractivity contribution in [3.63, 3.8) is 0 Å². The maximum Gasteiger partial charge on any atom is 0.226 e. The minimum atomic E-state index is -0.255. The van der Waals surface area contributed by atoms with E-state index in [1.165, 1.54) is 12.1 Å². The molecule has 0 radical (unpaired) electrons. The van der Waals surface area contributed by atoms with E-state index < -0.39 is 0 Å². The first-order chi connectivity index (χ1) is 9.09. The Morgan fingerprint density at radius 2 is 1.89 bits per heavy atom. The Morgan fingerprint density at radius 3 is 2.47 bits per heavy atom. The second kappa shape index (κ2) is 6.15. The fraction of sp³-hybridized carbons (Fsp3) is 0.533. The van der Waals surface area contributed by atoms with Crippen molar-refractivity contribution >= 4 is 5.91 Å². The van der Waals surface area contributed by atoms with Crippen molar-refractivity contribution < 1.29 is 13.9 Å². The van der Waals surface area contributed by atoms with Crippen LogP contribution in [0.1, 0.15) is 31.4 Å². The molecule has 0 saturated carbocycles. The van der Waals surface area contributed by atoms with Crippen LogP contribution in [0, 0.1) is 11.7 Å². The van der Waals surface area contributed by atoms with Crippen LogP contribution >= 0.6 is 0 Å². The molecule has 3 nitrogen and oxygen atoms in total. The van der Waals surface area contributed by atoms with Gasteiger partial charge in [-0.25, -0.2) is 4.39 Å². The van der Waals surface area contributed by atoms with Crippen LogP contribution in [-0.4, -0.2) is 31.1 Å². The van der Waals surface area contributed by atoms with Gasteiger partial charge >= 0.3 is 0 Å². The first-order valence-corrected chi connectivity index (χ1v) is 6.69. The van der Waals surface area contributed by atoms with Crippen LogP contribution in [0.25, 0.3) is 0 Å². The van der Waals surface area contributed by atoms with E-state index in [1.54, 1.807) is 17.0 Å². The maximum atomic E-state index is 12.9. The third-order valence-corrected chi connectivity index (χ3v) is 3.85. The monoisotopic (exact) mass is 265 g/mol. The van der Waals surface area contributed by atoms with E-state index in [1.807, 2.05) is 14.0 Å². The molecule has 0 spiro atoms. The molecule has 1 aromatic carbocycles. The number of hydrogen-bond acceptors (Lipinski definition) is 2. The van der Waals surface area contributed by atoms with Gasteiger partial charge in [0.15, 0.2) is 0 Å². The first kappa shape index (κ1) is 14.0. The molecule has 19 heavy (non-hydrogen) atoms. The van der Waals surface area contributed by atoms with Crippen molar-refractivity contribution in [1.29, 1.82) is 0 Å². The van der Waals surface area contributed by atoms with Gasteiger partial charge in [-0.1, -0.05) is 12.1 Å². The predicted octanol–water partition coefficient (Wildman–Crippen LogP) is 2.77. The lowest BCUT2D eigenvalue weighted by Gasteiger charge is -2.31. The minimum absolute atomic E-state index is 0.0454. The first-order valence-electron chi connectivity index (χ1n) is 6.69. The molecule has 1 heterocycles. The van der Waals surface area contributed by atoms with Crippen LogP contribution in [0.5, 0.6) is 0 Å². The zero-order valence-corrected chi connectivity index (χ0v) is 11.4. The molecule has 0 N–H and O–H groups in total. The quantitative estimate of drug-likeness (QED) is 0.841. The topological polar surface area (TPSA) is 29.5 Å². The SMILES string of the molecule is CC(c1ccc(F)cc1)N(C)C(=O)C1CCOCC1. The van der Waals surface area contributed by atoms with Crippen LogP contribution in [-0.2, 0) is 9.53 Å². The molecule has 1 amide bonds. The molecule has 1 unspecified atom stereocenters. The fourth-order valence-electron chi connectivity index (χ4n) is 2.39. The highest BCUT2D eigenvalue weighted by molar-refractivity contribution is 5.79. The summed E-state index contributed by atoms with van der Waals surface area (Å²) in [6, 6.07) is 6.27. The normalized spacial score (nSPS) is 18.1. The molecule has 0 bridgehead atoms. The smallest absolute Gasteiger partial charge is 0.226 e. The predicted molar refractivity (Wildman–Crippen MR) is 71.1 cm³/mol. The van der Waals surface area contributed by atoms with E-state index in [0.717, 1.165) is 18.4 Å². The number of halogens is 1. The number of benzene rings is 1. The highest BCUT2D eigenvalue weighted by atomic mass is 19.1. The number of ether oxygens (including phenoxy) is 1. The summed E-state index contributed by atoms with van der Waals surface area (Å²) in [4.78, 5) is 14.1. The summed E-state index contributed by atoms with van der Waals surface area (Å²) in [5, 5.41) is 0. The summed E-state index contributed by atoms with van der Waals surface area (Å²) in [6.45, 7) is 3.29. The molecule has 1 atom stereocenters. The molecular formula is C15H20FNO2. The van der Waals surface area contributed by atoms with Gasteiger partial charge in [-0.3, -0.25) is 4.79 Å². The number of carbonyl (C=O) groups is 1. The van der Waals surface area contributed by atoms with E-state index in [-0.39, 0.29) is 23.7 Å². The number of amides is 1. The Labute approximate surface area is 113 Å². The highest BCUT2D eigenvalue weighted by Crippen LogP contribution is 2.24.